The topological polar surface area (TPSA) is 73.9 Å². The van der Waals surface area contributed by atoms with Crippen LogP contribution in [0.15, 0.2) is 5.16 Å². The van der Waals surface area contributed by atoms with Crippen LogP contribution in [0.25, 0.3) is 0 Å². The van der Waals surface area contributed by atoms with Gasteiger partial charge in [-0.3, -0.25) is 0 Å². The van der Waals surface area contributed by atoms with Gasteiger partial charge in [0.1, 0.15) is 0 Å². The molecule has 0 saturated carbocycles. The summed E-state index contributed by atoms with van der Waals surface area (Å²) in [5.41, 5.74) is 5.50. The highest BCUT2D eigenvalue weighted by molar-refractivity contribution is 5.84. The summed E-state index contributed by atoms with van der Waals surface area (Å²) in [5, 5.41) is 14.8. The zero-order valence-electron chi connectivity index (χ0n) is 10.5. The second-order valence-electron chi connectivity index (χ2n) is 4.90. The lowest BCUT2D eigenvalue weighted by atomic mass is 10.1. The minimum absolute atomic E-state index is 0.0573. The van der Waals surface area contributed by atoms with Crippen molar-refractivity contribution < 1.29 is 5.21 Å². The van der Waals surface area contributed by atoms with Gasteiger partial charge in [-0.05, 0) is 46.2 Å². The van der Waals surface area contributed by atoms with E-state index in [1.807, 2.05) is 6.92 Å². The van der Waals surface area contributed by atoms with Crippen LogP contribution in [-0.4, -0.2) is 47.7 Å². The van der Waals surface area contributed by atoms with E-state index in [2.05, 4.69) is 29.2 Å². The normalized spacial score (nSPS) is 25.2. The predicted molar refractivity (Wildman–Crippen MR) is 65.7 cm³/mol. The van der Waals surface area contributed by atoms with E-state index >= 15 is 0 Å². The van der Waals surface area contributed by atoms with Gasteiger partial charge >= 0.3 is 0 Å². The highest BCUT2D eigenvalue weighted by atomic mass is 16.4. The zero-order valence-corrected chi connectivity index (χ0v) is 10.5. The molecule has 94 valence electrons. The Kier molecular flexibility index (Phi) is 5.02. The first-order chi connectivity index (χ1) is 7.54. The molecule has 1 aliphatic rings. The van der Waals surface area contributed by atoms with Crippen LogP contribution in [0, 0.1) is 5.92 Å². The molecule has 0 spiro atoms. The molecule has 16 heavy (non-hydrogen) atoms. The van der Waals surface area contributed by atoms with Crippen molar-refractivity contribution in [3.8, 4) is 0 Å². The van der Waals surface area contributed by atoms with Crippen LogP contribution in [0.1, 0.15) is 27.2 Å². The van der Waals surface area contributed by atoms with E-state index in [4.69, 9.17) is 10.9 Å². The Morgan fingerprint density at radius 3 is 2.75 bits per heavy atom. The third-order valence-electron chi connectivity index (χ3n) is 3.32. The highest BCUT2D eigenvalue weighted by Crippen LogP contribution is 2.17. The van der Waals surface area contributed by atoms with Gasteiger partial charge in [0.15, 0.2) is 5.84 Å². The van der Waals surface area contributed by atoms with Crippen LogP contribution in [0.5, 0.6) is 0 Å². The first kappa shape index (κ1) is 13.3. The molecule has 5 nitrogen and oxygen atoms in total. The highest BCUT2D eigenvalue weighted by Gasteiger charge is 2.24. The molecule has 1 rings (SSSR count). The fourth-order valence-electron chi connectivity index (χ4n) is 2.03. The molecule has 1 aliphatic heterocycles. The van der Waals surface area contributed by atoms with Gasteiger partial charge in [0.25, 0.3) is 0 Å². The standard InChI is InChI=1S/C11H24N4O/c1-8(2)15-5-4-10(7-15)6-13-9(3)11(12)14-16/h8-10,13,16H,4-7H2,1-3H3,(H2,12,14). The lowest BCUT2D eigenvalue weighted by Gasteiger charge is -2.21. The van der Waals surface area contributed by atoms with Crippen molar-refractivity contribution in [2.75, 3.05) is 19.6 Å². The average Bonchev–Trinajstić information content (AvgIpc) is 2.73. The Hall–Kier alpha value is -0.810. The minimum atomic E-state index is -0.0573. The van der Waals surface area contributed by atoms with Gasteiger partial charge in [-0.2, -0.15) is 0 Å². The van der Waals surface area contributed by atoms with Crippen molar-refractivity contribution >= 4 is 5.84 Å². The van der Waals surface area contributed by atoms with Crippen LogP contribution in [-0.2, 0) is 0 Å². The molecular formula is C11H24N4O. The first-order valence-corrected chi connectivity index (χ1v) is 5.99. The van der Waals surface area contributed by atoms with Crippen LogP contribution < -0.4 is 11.1 Å². The summed E-state index contributed by atoms with van der Waals surface area (Å²) in [6, 6.07) is 0.574. The van der Waals surface area contributed by atoms with Crippen LogP contribution >= 0.6 is 0 Å². The van der Waals surface area contributed by atoms with E-state index in [1.54, 1.807) is 0 Å². The second-order valence-corrected chi connectivity index (χ2v) is 4.90. The number of amidine groups is 1. The smallest absolute Gasteiger partial charge is 0.156 e. The molecule has 0 aliphatic carbocycles. The molecule has 0 bridgehead atoms. The number of likely N-dealkylation sites (tertiary alicyclic amines) is 1. The van der Waals surface area contributed by atoms with E-state index in [-0.39, 0.29) is 11.9 Å². The van der Waals surface area contributed by atoms with Crippen LogP contribution in [0.2, 0.25) is 0 Å². The van der Waals surface area contributed by atoms with Gasteiger partial charge in [-0.15, -0.1) is 0 Å². The number of rotatable bonds is 5. The molecule has 1 fully saturated rings. The Bertz CT molecular complexity index is 242. The molecule has 0 aromatic rings. The summed E-state index contributed by atoms with van der Waals surface area (Å²) >= 11 is 0. The fraction of sp³-hybridized carbons (Fsp3) is 0.909. The van der Waals surface area contributed by atoms with Crippen molar-refractivity contribution in [2.45, 2.75) is 39.3 Å². The molecule has 1 saturated heterocycles. The Labute approximate surface area is 97.7 Å². The predicted octanol–water partition coefficient (Wildman–Crippen LogP) is 0.441. The Morgan fingerprint density at radius 1 is 1.56 bits per heavy atom. The Balaban J connectivity index is 2.25. The zero-order chi connectivity index (χ0) is 12.1. The SMILES string of the molecule is CC(NCC1CCN(C(C)C)C1)C(N)=NO. The first-order valence-electron chi connectivity index (χ1n) is 5.99. The third kappa shape index (κ3) is 3.64. The summed E-state index contributed by atoms with van der Waals surface area (Å²) in [7, 11) is 0. The van der Waals surface area contributed by atoms with E-state index in [0.717, 1.165) is 13.1 Å². The van der Waals surface area contributed by atoms with Gasteiger partial charge in [0.05, 0.1) is 6.04 Å². The summed E-state index contributed by atoms with van der Waals surface area (Å²) in [6.45, 7) is 9.63. The van der Waals surface area contributed by atoms with Gasteiger partial charge in [0, 0.05) is 12.6 Å². The molecular weight excluding hydrogens is 204 g/mol. The van der Waals surface area contributed by atoms with E-state index in [1.165, 1.54) is 13.0 Å². The van der Waals surface area contributed by atoms with Gasteiger partial charge in [0.2, 0.25) is 0 Å². The summed E-state index contributed by atoms with van der Waals surface area (Å²) in [5.74, 6) is 0.926. The monoisotopic (exact) mass is 228 g/mol. The maximum atomic E-state index is 8.53. The largest absolute Gasteiger partial charge is 0.409 e. The quantitative estimate of drug-likeness (QED) is 0.276. The summed E-state index contributed by atoms with van der Waals surface area (Å²) < 4.78 is 0. The molecule has 2 unspecified atom stereocenters. The number of nitrogens with one attached hydrogen (secondary N) is 1. The van der Waals surface area contributed by atoms with Crippen LogP contribution in [0.4, 0.5) is 0 Å². The number of nitrogens with zero attached hydrogens (tertiary/aromatic N) is 2. The van der Waals surface area contributed by atoms with Crippen molar-refractivity contribution in [3.05, 3.63) is 0 Å². The molecule has 4 N–H and O–H groups in total. The minimum Gasteiger partial charge on any atom is -0.409 e. The fourth-order valence-corrected chi connectivity index (χ4v) is 2.03. The summed E-state index contributed by atoms with van der Waals surface area (Å²) in [6.07, 6.45) is 1.23. The lowest BCUT2D eigenvalue weighted by molar-refractivity contribution is 0.263. The van der Waals surface area contributed by atoms with Gasteiger partial charge in [-0.1, -0.05) is 5.16 Å². The van der Waals surface area contributed by atoms with E-state index < -0.39 is 0 Å². The molecule has 5 heteroatoms. The van der Waals surface area contributed by atoms with Gasteiger partial charge in [-0.25, -0.2) is 0 Å². The summed E-state index contributed by atoms with van der Waals surface area (Å²) in [4.78, 5) is 2.49. The van der Waals surface area contributed by atoms with Crippen molar-refractivity contribution in [1.29, 1.82) is 0 Å². The molecule has 1 heterocycles. The third-order valence-corrected chi connectivity index (χ3v) is 3.32. The van der Waals surface area contributed by atoms with Crippen molar-refractivity contribution in [3.63, 3.8) is 0 Å². The maximum absolute atomic E-state index is 8.53. The molecule has 0 amide bonds. The van der Waals surface area contributed by atoms with Crippen LogP contribution in [0.3, 0.4) is 0 Å². The molecule has 0 radical (unpaired) electrons. The maximum Gasteiger partial charge on any atom is 0.156 e. The average molecular weight is 228 g/mol. The number of oxime groups is 1. The lowest BCUT2D eigenvalue weighted by Crippen LogP contribution is -2.41. The van der Waals surface area contributed by atoms with Crippen molar-refractivity contribution in [1.82, 2.24) is 10.2 Å². The molecule has 0 aromatic carbocycles. The van der Waals surface area contributed by atoms with E-state index in [0.29, 0.717) is 12.0 Å². The second kappa shape index (κ2) is 6.06. The number of hydrogen-bond acceptors (Lipinski definition) is 4. The number of hydrogen-bond donors (Lipinski definition) is 3. The molecule has 2 atom stereocenters. The van der Waals surface area contributed by atoms with E-state index in [9.17, 15) is 0 Å². The number of nitrogens with two attached hydrogens (primary N) is 1. The van der Waals surface area contributed by atoms with Gasteiger partial charge < -0.3 is 21.2 Å². The Morgan fingerprint density at radius 2 is 2.25 bits per heavy atom. The van der Waals surface area contributed by atoms with Crippen molar-refractivity contribution in [2.24, 2.45) is 16.8 Å². The molecule has 0 aromatic heterocycles.